The molecule has 0 bridgehead atoms. The van der Waals surface area contributed by atoms with Crippen LogP contribution in [0.25, 0.3) is 0 Å². The number of nitrogens with one attached hydrogen (secondary N) is 2. The highest BCUT2D eigenvalue weighted by atomic mass is 15.2. The fourth-order valence-corrected chi connectivity index (χ4v) is 3.58. The van der Waals surface area contributed by atoms with Gasteiger partial charge in [0.05, 0.1) is 6.04 Å². The third-order valence-corrected chi connectivity index (χ3v) is 5.31. The Labute approximate surface area is 169 Å². The largest absolute Gasteiger partial charge is 0.378 e. The van der Waals surface area contributed by atoms with Gasteiger partial charge in [-0.15, -0.1) is 0 Å². The zero-order valence-electron chi connectivity index (χ0n) is 17.6. The van der Waals surface area contributed by atoms with Crippen molar-refractivity contribution in [3.8, 4) is 0 Å². The minimum atomic E-state index is 0.182. The molecule has 2 aromatic rings. The lowest BCUT2D eigenvalue weighted by Gasteiger charge is -2.22. The number of guanidine groups is 1. The second kappa shape index (κ2) is 9.49. The van der Waals surface area contributed by atoms with Gasteiger partial charge in [0.15, 0.2) is 5.96 Å². The average molecular weight is 380 g/mol. The third kappa shape index (κ3) is 5.18. The molecular weight excluding hydrogens is 346 g/mol. The molecule has 2 N–H and O–H groups in total. The molecule has 5 heteroatoms. The zero-order chi connectivity index (χ0) is 19.9. The maximum absolute atomic E-state index is 4.40. The fraction of sp³-hybridized carbons (Fsp3) is 0.435. The van der Waals surface area contributed by atoms with Gasteiger partial charge in [0.1, 0.15) is 0 Å². The highest BCUT2D eigenvalue weighted by Crippen LogP contribution is 2.24. The van der Waals surface area contributed by atoms with Gasteiger partial charge in [0.25, 0.3) is 0 Å². The van der Waals surface area contributed by atoms with Gasteiger partial charge >= 0.3 is 0 Å². The predicted octanol–water partition coefficient (Wildman–Crippen LogP) is 3.78. The van der Waals surface area contributed by atoms with Gasteiger partial charge in [-0.05, 0) is 55.2 Å². The molecule has 1 heterocycles. The summed E-state index contributed by atoms with van der Waals surface area (Å²) in [6.45, 7) is 5.26. The van der Waals surface area contributed by atoms with Crippen LogP contribution in [0, 0.1) is 0 Å². The first-order chi connectivity index (χ1) is 13.6. The first kappa shape index (κ1) is 20.1. The molecule has 1 aliphatic heterocycles. The molecule has 0 radical (unpaired) electrons. The van der Waals surface area contributed by atoms with Gasteiger partial charge in [-0.25, -0.2) is 0 Å². The van der Waals surface area contributed by atoms with Crippen LogP contribution in [0.15, 0.2) is 53.5 Å². The van der Waals surface area contributed by atoms with Gasteiger partial charge in [-0.3, -0.25) is 4.99 Å². The second-order valence-corrected chi connectivity index (χ2v) is 7.65. The van der Waals surface area contributed by atoms with Crippen molar-refractivity contribution in [3.63, 3.8) is 0 Å². The Morgan fingerprint density at radius 2 is 1.86 bits per heavy atom. The van der Waals surface area contributed by atoms with Gasteiger partial charge in [-0.1, -0.05) is 24.3 Å². The summed E-state index contributed by atoms with van der Waals surface area (Å²) in [7, 11) is 5.94. The number of hydrogen-bond acceptors (Lipinski definition) is 3. The van der Waals surface area contributed by atoms with Crippen molar-refractivity contribution < 1.29 is 0 Å². The fourth-order valence-electron chi connectivity index (χ4n) is 3.58. The molecule has 28 heavy (non-hydrogen) atoms. The van der Waals surface area contributed by atoms with Gasteiger partial charge < -0.3 is 20.4 Å². The van der Waals surface area contributed by atoms with Crippen LogP contribution in [-0.4, -0.2) is 40.2 Å². The lowest BCUT2D eigenvalue weighted by Crippen LogP contribution is -2.38. The molecule has 1 aliphatic rings. The van der Waals surface area contributed by atoms with Crippen LogP contribution in [-0.2, 0) is 6.54 Å². The molecule has 2 aromatic carbocycles. The first-order valence-corrected chi connectivity index (χ1v) is 10.1. The summed E-state index contributed by atoms with van der Waals surface area (Å²) in [5.74, 6) is 0.814. The maximum Gasteiger partial charge on any atom is 0.191 e. The Balaban J connectivity index is 1.60. The van der Waals surface area contributed by atoms with Crippen LogP contribution in [0.1, 0.15) is 36.9 Å². The smallest absolute Gasteiger partial charge is 0.191 e. The van der Waals surface area contributed by atoms with E-state index < -0.39 is 0 Å². The molecule has 0 amide bonds. The molecule has 0 spiro atoms. The normalized spacial score (nSPS) is 15.4. The molecule has 0 aliphatic carbocycles. The summed E-state index contributed by atoms with van der Waals surface area (Å²) >= 11 is 0. The van der Waals surface area contributed by atoms with Crippen molar-refractivity contribution in [2.75, 3.05) is 44.0 Å². The van der Waals surface area contributed by atoms with Crippen molar-refractivity contribution >= 4 is 17.3 Å². The molecule has 1 fully saturated rings. The lowest BCUT2D eigenvalue weighted by atomic mass is 10.1. The number of hydrogen-bond donors (Lipinski definition) is 2. The number of aliphatic imine (C=N–C) groups is 1. The summed E-state index contributed by atoms with van der Waals surface area (Å²) in [6.07, 6.45) is 2.59. The standard InChI is InChI=1S/C23H33N5/c1-18(20-10-8-12-22(16-20)28-13-5-6-14-28)26-23(24-2)25-17-19-9-7-11-21(15-19)27(3)4/h7-12,15-16,18H,5-6,13-14,17H2,1-4H3,(H2,24,25,26). The van der Waals surface area contributed by atoms with Crippen LogP contribution in [0.4, 0.5) is 11.4 Å². The summed E-state index contributed by atoms with van der Waals surface area (Å²) in [5, 5.41) is 6.95. The monoisotopic (exact) mass is 379 g/mol. The highest BCUT2D eigenvalue weighted by Gasteiger charge is 2.14. The number of benzene rings is 2. The maximum atomic E-state index is 4.40. The Bertz CT molecular complexity index is 793. The molecule has 3 rings (SSSR count). The average Bonchev–Trinajstić information content (AvgIpc) is 3.26. The van der Waals surface area contributed by atoms with Gasteiger partial charge in [0, 0.05) is 52.2 Å². The van der Waals surface area contributed by atoms with Crippen molar-refractivity contribution in [1.82, 2.24) is 10.6 Å². The van der Waals surface area contributed by atoms with E-state index in [0.29, 0.717) is 0 Å². The Morgan fingerprint density at radius 3 is 2.57 bits per heavy atom. The molecule has 1 unspecified atom stereocenters. The predicted molar refractivity (Wildman–Crippen MR) is 120 cm³/mol. The topological polar surface area (TPSA) is 42.9 Å². The van der Waals surface area contributed by atoms with E-state index in [1.165, 1.54) is 48.4 Å². The summed E-state index contributed by atoms with van der Waals surface area (Å²) in [4.78, 5) is 8.99. The molecule has 1 saturated heterocycles. The van der Waals surface area contributed by atoms with E-state index in [-0.39, 0.29) is 6.04 Å². The van der Waals surface area contributed by atoms with E-state index in [0.717, 1.165) is 12.5 Å². The van der Waals surface area contributed by atoms with Crippen LogP contribution in [0.2, 0.25) is 0 Å². The van der Waals surface area contributed by atoms with E-state index in [2.05, 4.69) is 95.0 Å². The van der Waals surface area contributed by atoms with Crippen molar-refractivity contribution in [2.24, 2.45) is 4.99 Å². The van der Waals surface area contributed by atoms with Gasteiger partial charge in [0.2, 0.25) is 0 Å². The molecule has 1 atom stereocenters. The molecule has 5 nitrogen and oxygen atoms in total. The lowest BCUT2D eigenvalue weighted by molar-refractivity contribution is 0.685. The van der Waals surface area contributed by atoms with Crippen LogP contribution < -0.4 is 20.4 Å². The van der Waals surface area contributed by atoms with E-state index in [1.807, 2.05) is 7.05 Å². The van der Waals surface area contributed by atoms with Crippen molar-refractivity contribution in [1.29, 1.82) is 0 Å². The zero-order valence-corrected chi connectivity index (χ0v) is 17.6. The molecular formula is C23H33N5. The number of anilines is 2. The summed E-state index contributed by atoms with van der Waals surface area (Å²) < 4.78 is 0. The Morgan fingerprint density at radius 1 is 1.11 bits per heavy atom. The Hall–Kier alpha value is -2.69. The first-order valence-electron chi connectivity index (χ1n) is 10.1. The minimum Gasteiger partial charge on any atom is -0.378 e. The number of rotatable bonds is 6. The van der Waals surface area contributed by atoms with E-state index in [1.54, 1.807) is 0 Å². The van der Waals surface area contributed by atoms with E-state index in [9.17, 15) is 0 Å². The molecule has 150 valence electrons. The molecule has 0 aromatic heterocycles. The van der Waals surface area contributed by atoms with Crippen molar-refractivity contribution in [2.45, 2.75) is 32.4 Å². The van der Waals surface area contributed by atoms with E-state index >= 15 is 0 Å². The summed E-state index contributed by atoms with van der Waals surface area (Å²) in [6, 6.07) is 17.6. The van der Waals surface area contributed by atoms with Crippen molar-refractivity contribution in [3.05, 3.63) is 59.7 Å². The van der Waals surface area contributed by atoms with Gasteiger partial charge in [-0.2, -0.15) is 0 Å². The Kier molecular flexibility index (Phi) is 6.80. The van der Waals surface area contributed by atoms with Crippen LogP contribution >= 0.6 is 0 Å². The summed E-state index contributed by atoms with van der Waals surface area (Å²) in [5.41, 5.74) is 5.04. The highest BCUT2D eigenvalue weighted by molar-refractivity contribution is 5.80. The quantitative estimate of drug-likeness (QED) is 0.592. The van der Waals surface area contributed by atoms with E-state index in [4.69, 9.17) is 0 Å². The SMILES string of the molecule is CN=C(NCc1cccc(N(C)C)c1)NC(C)c1cccc(N2CCCC2)c1. The third-order valence-electron chi connectivity index (χ3n) is 5.31. The minimum absolute atomic E-state index is 0.182. The molecule has 0 saturated carbocycles. The van der Waals surface area contributed by atoms with Crippen LogP contribution in [0.3, 0.4) is 0 Å². The van der Waals surface area contributed by atoms with Crippen LogP contribution in [0.5, 0.6) is 0 Å². The second-order valence-electron chi connectivity index (χ2n) is 7.65. The number of nitrogens with zero attached hydrogens (tertiary/aromatic N) is 3.